The van der Waals surface area contributed by atoms with Crippen LogP contribution in [0.4, 0.5) is 4.79 Å². The van der Waals surface area contributed by atoms with E-state index in [0.717, 1.165) is 25.7 Å². The van der Waals surface area contributed by atoms with Crippen LogP contribution in [0.2, 0.25) is 5.02 Å². The van der Waals surface area contributed by atoms with Crippen molar-refractivity contribution >= 4 is 55.8 Å². The minimum absolute atomic E-state index is 0.00488. The van der Waals surface area contributed by atoms with E-state index in [1.807, 2.05) is 27.7 Å². The molecule has 7 aliphatic rings. The Morgan fingerprint density at radius 3 is 2.03 bits per heavy atom. The lowest BCUT2D eigenvalue weighted by Crippen LogP contribution is -2.62. The summed E-state index contributed by atoms with van der Waals surface area (Å²) in [5.74, 6) is 0.714. The molecule has 4 aliphatic carbocycles. The van der Waals surface area contributed by atoms with Gasteiger partial charge in [0, 0.05) is 48.3 Å². The summed E-state index contributed by atoms with van der Waals surface area (Å²) in [7, 11) is -5.99. The van der Waals surface area contributed by atoms with Crippen molar-refractivity contribution in [1.29, 1.82) is 0 Å². The Bertz CT molecular complexity index is 1980. The first-order valence-corrected chi connectivity index (χ1v) is 25.2. The maximum Gasteiger partial charge on any atom is 0.410 e. The first kappa shape index (κ1) is 50.4. The van der Waals surface area contributed by atoms with Gasteiger partial charge in [-0.2, -0.15) is 8.61 Å². The van der Waals surface area contributed by atoms with Crippen molar-refractivity contribution in [2.45, 2.75) is 107 Å². The Balaban J connectivity index is 0.000000234. The molecule has 1 aromatic carbocycles. The van der Waals surface area contributed by atoms with E-state index in [9.17, 15) is 26.7 Å². The number of allylic oxidation sites excluding steroid dienone is 5. The molecule has 0 bridgehead atoms. The number of benzene rings is 1. The van der Waals surface area contributed by atoms with Crippen LogP contribution in [-0.2, 0) is 43.8 Å². The molecule has 1 N–H and O–H groups in total. The highest BCUT2D eigenvalue weighted by Crippen LogP contribution is 2.50. The normalized spacial score (nSPS) is 25.7. The van der Waals surface area contributed by atoms with E-state index in [1.165, 1.54) is 19.2 Å². The number of piperazine rings is 1. The number of rotatable bonds is 11. The van der Waals surface area contributed by atoms with E-state index in [4.69, 9.17) is 42.2 Å². The molecule has 0 aromatic heterocycles. The van der Waals surface area contributed by atoms with Crippen LogP contribution in [0.1, 0.15) is 72.6 Å². The average Bonchev–Trinajstić information content (AvgIpc) is 4.11. The molecule has 3 saturated heterocycles. The van der Waals surface area contributed by atoms with Crippen molar-refractivity contribution in [2.24, 2.45) is 11.8 Å². The lowest BCUT2D eigenvalue weighted by molar-refractivity contribution is -0.126. The first-order valence-electron chi connectivity index (χ1n) is 21.6. The van der Waals surface area contributed by atoms with Crippen LogP contribution >= 0.6 is 23.2 Å². The number of aliphatic hydroxyl groups is 1. The molecule has 19 heteroatoms. The van der Waals surface area contributed by atoms with Crippen LogP contribution in [0.5, 0.6) is 0 Å². The van der Waals surface area contributed by atoms with Gasteiger partial charge in [0.2, 0.25) is 20.0 Å². The van der Waals surface area contributed by atoms with E-state index >= 15 is 0 Å². The second-order valence-corrected chi connectivity index (χ2v) is 21.4. The molecule has 8 rings (SSSR count). The number of methoxy groups -OCH3 is 1. The summed E-state index contributed by atoms with van der Waals surface area (Å²) < 4.78 is 78.1. The molecular formula is C43H64Cl2N4O11S2. The number of carbonyl (C=O) groups is 2. The quantitative estimate of drug-likeness (QED) is 0.266. The molecule has 0 spiro atoms. The van der Waals surface area contributed by atoms with Crippen molar-refractivity contribution < 1.29 is 50.5 Å². The van der Waals surface area contributed by atoms with Crippen LogP contribution < -0.4 is 0 Å². The van der Waals surface area contributed by atoms with Gasteiger partial charge in [-0.1, -0.05) is 49.2 Å². The molecule has 348 valence electrons. The van der Waals surface area contributed by atoms with Gasteiger partial charge in [0.25, 0.3) is 6.47 Å². The fraction of sp³-hybridized carbons (Fsp3) is 0.674. The number of ether oxygens (including phenoxy) is 4. The molecule has 3 aliphatic heterocycles. The number of hydrogen-bond donors (Lipinski definition) is 1. The number of carbonyl (C=O) groups excluding carboxylic acids is 2. The maximum absolute atomic E-state index is 13.9. The third-order valence-electron chi connectivity index (χ3n) is 12.2. The summed E-state index contributed by atoms with van der Waals surface area (Å²) in [5, 5.41) is 10.7. The summed E-state index contributed by atoms with van der Waals surface area (Å²) in [6.45, 7) is 12.6. The molecule has 3 saturated carbocycles. The van der Waals surface area contributed by atoms with Crippen molar-refractivity contribution in [1.82, 2.24) is 18.4 Å². The Morgan fingerprint density at radius 1 is 0.871 bits per heavy atom. The molecule has 1 aromatic rings. The van der Waals surface area contributed by atoms with Gasteiger partial charge >= 0.3 is 6.09 Å². The zero-order valence-corrected chi connectivity index (χ0v) is 39.6. The van der Waals surface area contributed by atoms with E-state index in [0.29, 0.717) is 99.2 Å². The second-order valence-electron chi connectivity index (χ2n) is 16.8. The number of sulfonamides is 2. The molecule has 0 radical (unpaired) electrons. The Kier molecular flexibility index (Phi) is 17.9. The third-order valence-corrected chi connectivity index (χ3v) is 16.6. The number of halogens is 2. The highest BCUT2D eigenvalue weighted by molar-refractivity contribution is 7.93. The van der Waals surface area contributed by atoms with Gasteiger partial charge in [0.1, 0.15) is 5.60 Å². The van der Waals surface area contributed by atoms with Gasteiger partial charge in [0.15, 0.2) is 0 Å². The summed E-state index contributed by atoms with van der Waals surface area (Å²) in [6.07, 6.45) is 12.2. The van der Waals surface area contributed by atoms with Crippen LogP contribution in [-0.4, -0.2) is 155 Å². The number of aliphatic hydroxyl groups excluding tert-OH is 1. The van der Waals surface area contributed by atoms with Crippen LogP contribution in [0, 0.1) is 11.8 Å². The zero-order chi connectivity index (χ0) is 45.3. The maximum atomic E-state index is 13.9. The van der Waals surface area contributed by atoms with Crippen molar-refractivity contribution in [3.05, 3.63) is 63.5 Å². The van der Waals surface area contributed by atoms with Crippen molar-refractivity contribution in [3.8, 4) is 0 Å². The lowest BCUT2D eigenvalue weighted by atomic mass is 10.0. The lowest BCUT2D eigenvalue weighted by Gasteiger charge is -2.45. The molecule has 6 fully saturated rings. The van der Waals surface area contributed by atoms with E-state index in [-0.39, 0.29) is 41.6 Å². The van der Waals surface area contributed by atoms with Gasteiger partial charge in [-0.3, -0.25) is 9.69 Å². The van der Waals surface area contributed by atoms with E-state index in [2.05, 4.69) is 9.64 Å². The molecule has 2 unspecified atom stereocenters. The predicted octanol–water partition coefficient (Wildman–Crippen LogP) is 5.77. The summed E-state index contributed by atoms with van der Waals surface area (Å²) in [6, 6.07) is 5.39. The number of nitrogens with zero attached hydrogens (tertiary/aromatic N) is 4. The molecular weight excluding hydrogens is 884 g/mol. The fourth-order valence-corrected chi connectivity index (χ4v) is 12.0. The van der Waals surface area contributed by atoms with Crippen molar-refractivity contribution in [3.63, 3.8) is 0 Å². The summed E-state index contributed by atoms with van der Waals surface area (Å²) >= 11 is 11.9. The Hall–Kier alpha value is -2.58. The molecule has 62 heavy (non-hydrogen) atoms. The van der Waals surface area contributed by atoms with Gasteiger partial charge in [-0.05, 0) is 107 Å². The highest BCUT2D eigenvalue weighted by Gasteiger charge is 2.62. The molecule has 1 amide bonds. The predicted molar refractivity (Wildman–Crippen MR) is 238 cm³/mol. The van der Waals surface area contributed by atoms with Crippen molar-refractivity contribution in [2.75, 3.05) is 72.9 Å². The van der Waals surface area contributed by atoms with Gasteiger partial charge in [-0.15, -0.1) is 0 Å². The van der Waals surface area contributed by atoms with Gasteiger partial charge in [0.05, 0.1) is 68.1 Å². The minimum atomic E-state index is -3.85. The molecule has 15 nitrogen and oxygen atoms in total. The first-order chi connectivity index (χ1) is 29.6. The fourth-order valence-electron chi connectivity index (χ4n) is 8.09. The summed E-state index contributed by atoms with van der Waals surface area (Å²) in [5.41, 5.74) is -1.23. The third kappa shape index (κ3) is 12.4. The Morgan fingerprint density at radius 2 is 1.47 bits per heavy atom. The number of amides is 1. The number of morpholine rings is 2. The second kappa shape index (κ2) is 22.1. The molecule has 3 heterocycles. The van der Waals surface area contributed by atoms with Gasteiger partial charge in [-0.25, -0.2) is 21.6 Å². The molecule has 3 atom stereocenters. The monoisotopic (exact) mass is 946 g/mol. The highest BCUT2D eigenvalue weighted by atomic mass is 35.5. The largest absolute Gasteiger partial charge is 0.471 e. The zero-order valence-electron chi connectivity index (χ0n) is 36.5. The average molecular weight is 948 g/mol. The summed E-state index contributed by atoms with van der Waals surface area (Å²) in [4.78, 5) is 26.6. The minimum Gasteiger partial charge on any atom is -0.471 e. The smallest absolute Gasteiger partial charge is 0.410 e. The van der Waals surface area contributed by atoms with E-state index < -0.39 is 37.8 Å². The van der Waals surface area contributed by atoms with Crippen LogP contribution in [0.15, 0.2) is 63.4 Å². The topological polar surface area (TPSA) is 173 Å². The Labute approximate surface area is 378 Å². The van der Waals surface area contributed by atoms with Crippen LogP contribution in [0.3, 0.4) is 0 Å². The van der Waals surface area contributed by atoms with Gasteiger partial charge < -0.3 is 29.0 Å². The standard InChI is InChI=1S/C25H36ClN3O6S.C14H18ClNO3S.C2H4O2.C2H6/c1-24(2,17-30)28-13-11-27(12-14-28)23(31)35-25(9-10-25)22-16-34-15-21(18-3-4-18)29(22)36(32,33)20-7-5-19(26)6-8-20;15-12-2-1-3-13(7-6-12)20(17,18)16-8-9-19-10-14(16)11-4-5-11;1-4-2-3;1-2/h5-8,18,21-22,30H,3-4,9-17H2,1-2H3;2-3,6-7,11,14H,1,4-5,8-10H2;2H,1H3;1-2H3/t21?,22-;;;/m1.../s1. The van der Waals surface area contributed by atoms with Crippen LogP contribution in [0.25, 0.3) is 0 Å². The number of hydrogen-bond acceptors (Lipinski definition) is 12. The van der Waals surface area contributed by atoms with E-state index in [1.54, 1.807) is 49.9 Å². The SMILES string of the molecule is CC.CC(C)(CO)N1CCN(C(=O)OC2([C@H]3COCC(C4CC4)N3S(=O)(=O)c3ccc(Cl)cc3)CC2)CC1.COC=O.O=S(=O)(C1=CCC=C(Cl)C=C1)N1CCOCC1C1CC1.